The van der Waals surface area contributed by atoms with E-state index in [1.807, 2.05) is 0 Å². The summed E-state index contributed by atoms with van der Waals surface area (Å²) < 4.78 is 30.9. The van der Waals surface area contributed by atoms with E-state index < -0.39 is 44.0 Å². The van der Waals surface area contributed by atoms with Crippen molar-refractivity contribution in [3.63, 3.8) is 0 Å². The number of carboxylic acids is 1. The Hall–Kier alpha value is -1.77. The van der Waals surface area contributed by atoms with Gasteiger partial charge in [0.1, 0.15) is 4.47 Å². The third kappa shape index (κ3) is 2.05. The van der Waals surface area contributed by atoms with E-state index in [9.17, 15) is 23.7 Å². The summed E-state index contributed by atoms with van der Waals surface area (Å²) >= 11 is 2.56. The van der Waals surface area contributed by atoms with Gasteiger partial charge in [-0.3, -0.25) is 10.1 Å². The van der Waals surface area contributed by atoms with Crippen LogP contribution >= 0.6 is 15.9 Å². The van der Waals surface area contributed by atoms with Crippen molar-refractivity contribution in [1.29, 1.82) is 0 Å². The van der Waals surface area contributed by atoms with Gasteiger partial charge in [-0.15, -0.1) is 0 Å². The lowest BCUT2D eigenvalue weighted by Gasteiger charge is -2.08. The molecule has 0 heterocycles. The Kier molecular flexibility index (Phi) is 3.61. The first kappa shape index (κ1) is 13.3. The average Bonchev–Trinajstić information content (AvgIpc) is 2.22. The van der Waals surface area contributed by atoms with E-state index in [0.29, 0.717) is 0 Å². The van der Waals surface area contributed by atoms with Crippen LogP contribution in [0.2, 0.25) is 0 Å². The number of benzene rings is 1. The second-order valence-corrected chi connectivity index (χ2v) is 3.55. The predicted octanol–water partition coefficient (Wildman–Crippen LogP) is 2.34. The van der Waals surface area contributed by atoms with E-state index in [-0.39, 0.29) is 0 Å². The Labute approximate surface area is 101 Å². The molecule has 0 bridgehead atoms. The number of halogens is 3. The minimum absolute atomic E-state index is 0.644. The number of ether oxygens (including phenoxy) is 1. The van der Waals surface area contributed by atoms with Crippen molar-refractivity contribution in [2.24, 2.45) is 0 Å². The molecule has 1 aromatic carbocycles. The van der Waals surface area contributed by atoms with Crippen molar-refractivity contribution in [1.82, 2.24) is 0 Å². The molecule has 92 valence electrons. The van der Waals surface area contributed by atoms with Crippen molar-refractivity contribution in [2.45, 2.75) is 0 Å². The zero-order chi connectivity index (χ0) is 13.3. The predicted molar refractivity (Wildman–Crippen MR) is 54.2 cm³/mol. The second kappa shape index (κ2) is 4.62. The van der Waals surface area contributed by atoms with E-state index >= 15 is 0 Å². The number of carbonyl (C=O) groups is 1. The van der Waals surface area contributed by atoms with Crippen LogP contribution in [-0.4, -0.2) is 23.1 Å². The zero-order valence-electron chi connectivity index (χ0n) is 8.16. The highest BCUT2D eigenvalue weighted by Gasteiger charge is 2.35. The molecule has 0 saturated heterocycles. The Morgan fingerprint density at radius 1 is 1.47 bits per heavy atom. The van der Waals surface area contributed by atoms with Crippen LogP contribution < -0.4 is 4.74 Å². The van der Waals surface area contributed by atoms with Crippen LogP contribution in [0.15, 0.2) is 4.47 Å². The largest absolute Gasteiger partial charge is 0.492 e. The lowest BCUT2D eigenvalue weighted by atomic mass is 10.1. The maximum Gasteiger partial charge on any atom is 0.346 e. The van der Waals surface area contributed by atoms with Crippen LogP contribution in [0.25, 0.3) is 0 Å². The number of nitro groups is 1. The van der Waals surface area contributed by atoms with Gasteiger partial charge < -0.3 is 9.84 Å². The SMILES string of the molecule is COc1c(F)c(C(=O)O)c([N+](=O)[O-])c(F)c1Br. The molecule has 0 atom stereocenters. The summed E-state index contributed by atoms with van der Waals surface area (Å²) in [6.07, 6.45) is 0. The molecule has 0 radical (unpaired) electrons. The van der Waals surface area contributed by atoms with E-state index in [1.54, 1.807) is 0 Å². The minimum atomic E-state index is -1.96. The number of nitrogens with zero attached hydrogens (tertiary/aromatic N) is 1. The average molecular weight is 312 g/mol. The summed E-state index contributed by atoms with van der Waals surface area (Å²) in [6.45, 7) is 0. The fourth-order valence-corrected chi connectivity index (χ4v) is 1.70. The van der Waals surface area contributed by atoms with Gasteiger partial charge in [-0.2, -0.15) is 4.39 Å². The lowest BCUT2D eigenvalue weighted by Crippen LogP contribution is -2.10. The minimum Gasteiger partial charge on any atom is -0.492 e. The van der Waals surface area contributed by atoms with Crippen LogP contribution in [0, 0.1) is 21.7 Å². The number of hydrogen-bond acceptors (Lipinski definition) is 4. The van der Waals surface area contributed by atoms with Crippen molar-refractivity contribution in [3.8, 4) is 5.75 Å². The standard InChI is InChI=1S/C8H4BrF2NO5/c1-17-7-3(9)5(11)6(12(15)16)2(4(7)10)8(13)14/h1H3,(H,13,14). The van der Waals surface area contributed by atoms with Crippen molar-refractivity contribution in [3.05, 3.63) is 31.8 Å². The molecule has 6 nitrogen and oxygen atoms in total. The van der Waals surface area contributed by atoms with Gasteiger partial charge in [0, 0.05) is 0 Å². The number of carboxylic acid groups (broad SMARTS) is 1. The Bertz CT molecular complexity index is 519. The molecule has 1 N–H and O–H groups in total. The van der Waals surface area contributed by atoms with E-state index in [1.165, 1.54) is 0 Å². The molecule has 0 aromatic heterocycles. The first-order valence-corrected chi connectivity index (χ1v) is 4.74. The van der Waals surface area contributed by atoms with E-state index in [2.05, 4.69) is 20.7 Å². The van der Waals surface area contributed by atoms with Gasteiger partial charge in [-0.25, -0.2) is 9.18 Å². The summed E-state index contributed by atoms with van der Waals surface area (Å²) in [6, 6.07) is 0. The normalized spacial score (nSPS) is 10.1. The number of rotatable bonds is 3. The molecule has 1 aromatic rings. The Morgan fingerprint density at radius 3 is 2.35 bits per heavy atom. The summed E-state index contributed by atoms with van der Waals surface area (Å²) in [7, 11) is 0.972. The molecule has 9 heteroatoms. The topological polar surface area (TPSA) is 89.7 Å². The maximum absolute atomic E-state index is 13.6. The second-order valence-electron chi connectivity index (χ2n) is 2.76. The smallest absolute Gasteiger partial charge is 0.346 e. The first-order valence-electron chi connectivity index (χ1n) is 3.95. The summed E-state index contributed by atoms with van der Waals surface area (Å²) in [4.78, 5) is 19.9. The molecular weight excluding hydrogens is 308 g/mol. The molecule has 0 aliphatic rings. The van der Waals surface area contributed by atoms with Crippen LogP contribution in [0.5, 0.6) is 5.75 Å². The highest BCUT2D eigenvalue weighted by molar-refractivity contribution is 9.10. The van der Waals surface area contributed by atoms with Crippen LogP contribution in [0.1, 0.15) is 10.4 Å². The molecular formula is C8H4BrF2NO5. The van der Waals surface area contributed by atoms with Crippen LogP contribution in [0.3, 0.4) is 0 Å². The molecule has 0 aliphatic heterocycles. The molecule has 1 rings (SSSR count). The maximum atomic E-state index is 13.6. The molecule has 0 saturated carbocycles. The molecule has 0 spiro atoms. The van der Waals surface area contributed by atoms with Gasteiger partial charge in [0.05, 0.1) is 12.0 Å². The monoisotopic (exact) mass is 311 g/mol. The van der Waals surface area contributed by atoms with Crippen molar-refractivity contribution in [2.75, 3.05) is 7.11 Å². The Morgan fingerprint density at radius 2 is 2.00 bits per heavy atom. The lowest BCUT2D eigenvalue weighted by molar-refractivity contribution is -0.388. The first-order chi connectivity index (χ1) is 7.82. The third-order valence-corrected chi connectivity index (χ3v) is 2.56. The molecule has 0 unspecified atom stereocenters. The number of aromatic carboxylic acids is 1. The van der Waals surface area contributed by atoms with Crippen molar-refractivity contribution < 1.29 is 28.3 Å². The fourth-order valence-electron chi connectivity index (χ4n) is 1.17. The van der Waals surface area contributed by atoms with Gasteiger partial charge in [-0.05, 0) is 15.9 Å². The van der Waals surface area contributed by atoms with Gasteiger partial charge in [0.15, 0.2) is 17.1 Å². The zero-order valence-corrected chi connectivity index (χ0v) is 9.75. The van der Waals surface area contributed by atoms with Crippen molar-refractivity contribution >= 4 is 27.6 Å². The van der Waals surface area contributed by atoms with Gasteiger partial charge in [0.25, 0.3) is 0 Å². The number of methoxy groups -OCH3 is 1. The summed E-state index contributed by atoms with van der Waals surface area (Å²) in [5.41, 5.74) is -2.84. The quantitative estimate of drug-likeness (QED) is 0.525. The van der Waals surface area contributed by atoms with E-state index in [4.69, 9.17) is 5.11 Å². The van der Waals surface area contributed by atoms with E-state index in [0.717, 1.165) is 7.11 Å². The summed E-state index contributed by atoms with van der Waals surface area (Å²) in [5, 5.41) is 19.2. The highest BCUT2D eigenvalue weighted by Crippen LogP contribution is 2.39. The van der Waals surface area contributed by atoms with Crippen LogP contribution in [-0.2, 0) is 0 Å². The number of nitro benzene ring substituents is 1. The number of hydrogen-bond donors (Lipinski definition) is 1. The summed E-state index contributed by atoms with van der Waals surface area (Å²) in [5.74, 6) is -5.73. The van der Waals surface area contributed by atoms with Gasteiger partial charge >= 0.3 is 11.7 Å². The Balaban J connectivity index is 3.84. The molecule has 0 aliphatic carbocycles. The third-order valence-electron chi connectivity index (χ3n) is 1.86. The molecule has 0 fully saturated rings. The molecule has 0 amide bonds. The van der Waals surface area contributed by atoms with Gasteiger partial charge in [0.2, 0.25) is 5.82 Å². The van der Waals surface area contributed by atoms with Gasteiger partial charge in [-0.1, -0.05) is 0 Å². The van der Waals surface area contributed by atoms with Crippen LogP contribution in [0.4, 0.5) is 14.5 Å². The molecule has 17 heavy (non-hydrogen) atoms. The fraction of sp³-hybridized carbons (Fsp3) is 0.125. The highest BCUT2D eigenvalue weighted by atomic mass is 79.9.